The van der Waals surface area contributed by atoms with Crippen molar-refractivity contribution in [3.05, 3.63) is 23.8 Å². The molecule has 0 aliphatic rings. The van der Waals surface area contributed by atoms with Crippen molar-refractivity contribution in [2.75, 3.05) is 7.11 Å². The van der Waals surface area contributed by atoms with Gasteiger partial charge in [0.15, 0.2) is 11.5 Å². The van der Waals surface area contributed by atoms with Gasteiger partial charge in [0.25, 0.3) is 0 Å². The smallest absolute Gasteiger partial charge is 0.374 e. The third-order valence-corrected chi connectivity index (χ3v) is 1.82. The zero-order valence-electron chi connectivity index (χ0n) is 8.06. The molecule has 1 rings (SSSR count). The van der Waals surface area contributed by atoms with Gasteiger partial charge < -0.3 is 14.9 Å². The highest BCUT2D eigenvalue weighted by Crippen LogP contribution is 2.25. The number of carbonyl (C=O) groups excluding carboxylic acids is 2. The minimum Gasteiger partial charge on any atom is -0.504 e. The maximum atomic E-state index is 11.1. The number of rotatable bonds is 3. The van der Waals surface area contributed by atoms with Crippen molar-refractivity contribution in [3.8, 4) is 11.5 Å². The first-order valence-electron chi connectivity index (χ1n) is 4.16. The Bertz CT molecular complexity index is 397. The number of hydrogen-bond acceptors (Lipinski definition) is 5. The molecule has 0 saturated carbocycles. The molecule has 1 aromatic carbocycles. The van der Waals surface area contributed by atoms with Gasteiger partial charge in [-0.2, -0.15) is 0 Å². The molecule has 0 spiro atoms. The number of methoxy groups -OCH3 is 1. The summed E-state index contributed by atoms with van der Waals surface area (Å²) in [5.74, 6) is -2.24. The lowest BCUT2D eigenvalue weighted by molar-refractivity contribution is -0.151. The second kappa shape index (κ2) is 4.45. The summed E-state index contributed by atoms with van der Waals surface area (Å²) >= 11 is 0. The maximum absolute atomic E-state index is 11.1. The number of ether oxygens (including phenoxy) is 1. The van der Waals surface area contributed by atoms with E-state index in [0.29, 0.717) is 5.56 Å². The van der Waals surface area contributed by atoms with E-state index in [2.05, 4.69) is 4.74 Å². The fraction of sp³-hybridized carbons (Fsp3) is 0.200. The lowest BCUT2D eigenvalue weighted by Crippen LogP contribution is -2.17. The quantitative estimate of drug-likeness (QED) is 0.428. The molecular formula is C10H10O5. The molecule has 0 aliphatic heterocycles. The van der Waals surface area contributed by atoms with E-state index in [0.717, 1.165) is 7.11 Å². The van der Waals surface area contributed by atoms with Crippen molar-refractivity contribution in [2.45, 2.75) is 6.42 Å². The first-order chi connectivity index (χ1) is 7.04. The Balaban J connectivity index is 2.77. The monoisotopic (exact) mass is 210 g/mol. The predicted molar refractivity (Wildman–Crippen MR) is 50.5 cm³/mol. The summed E-state index contributed by atoms with van der Waals surface area (Å²) in [4.78, 5) is 21.9. The van der Waals surface area contributed by atoms with Crippen LogP contribution in [-0.4, -0.2) is 29.1 Å². The van der Waals surface area contributed by atoms with Crippen molar-refractivity contribution < 1.29 is 24.5 Å². The highest BCUT2D eigenvalue weighted by Gasteiger charge is 2.14. The van der Waals surface area contributed by atoms with Gasteiger partial charge in [0.2, 0.25) is 5.78 Å². The highest BCUT2D eigenvalue weighted by atomic mass is 16.5. The topological polar surface area (TPSA) is 83.8 Å². The number of Topliss-reactive ketones (excluding diaryl/α,β-unsaturated/α-hetero) is 1. The standard InChI is InChI=1S/C10H10O5/c1-15-10(14)9(13)5-6-2-3-7(11)8(12)4-6/h2-4,11-12H,5H2,1H3. The van der Waals surface area contributed by atoms with Crippen LogP contribution >= 0.6 is 0 Å². The third kappa shape index (κ3) is 2.70. The molecule has 15 heavy (non-hydrogen) atoms. The fourth-order valence-corrected chi connectivity index (χ4v) is 1.05. The van der Waals surface area contributed by atoms with E-state index in [1.165, 1.54) is 18.2 Å². The largest absolute Gasteiger partial charge is 0.504 e. The normalized spacial score (nSPS) is 9.67. The molecule has 0 bridgehead atoms. The maximum Gasteiger partial charge on any atom is 0.374 e. The minimum atomic E-state index is -0.928. The molecule has 80 valence electrons. The van der Waals surface area contributed by atoms with Crippen molar-refractivity contribution in [2.24, 2.45) is 0 Å². The molecule has 0 aliphatic carbocycles. The van der Waals surface area contributed by atoms with Crippen LogP contribution in [0, 0.1) is 0 Å². The van der Waals surface area contributed by atoms with E-state index in [9.17, 15) is 9.59 Å². The Morgan fingerprint density at radius 1 is 1.27 bits per heavy atom. The van der Waals surface area contributed by atoms with E-state index < -0.39 is 11.8 Å². The van der Waals surface area contributed by atoms with E-state index in [1.54, 1.807) is 0 Å². The molecule has 0 aromatic heterocycles. The van der Waals surface area contributed by atoms with Crippen molar-refractivity contribution in [1.82, 2.24) is 0 Å². The zero-order chi connectivity index (χ0) is 11.4. The number of phenolic OH excluding ortho intramolecular Hbond substituents is 2. The zero-order valence-corrected chi connectivity index (χ0v) is 8.06. The lowest BCUT2D eigenvalue weighted by atomic mass is 10.1. The molecular weight excluding hydrogens is 200 g/mol. The molecule has 0 atom stereocenters. The lowest BCUT2D eigenvalue weighted by Gasteiger charge is -2.02. The fourth-order valence-electron chi connectivity index (χ4n) is 1.05. The summed E-state index contributed by atoms with van der Waals surface area (Å²) in [5, 5.41) is 18.1. The highest BCUT2D eigenvalue weighted by molar-refractivity contribution is 6.34. The van der Waals surface area contributed by atoms with Gasteiger partial charge in [0.1, 0.15) is 0 Å². The summed E-state index contributed by atoms with van der Waals surface area (Å²) < 4.78 is 4.24. The minimum absolute atomic E-state index is 0.166. The molecule has 2 N–H and O–H groups in total. The number of carbonyl (C=O) groups is 2. The van der Waals surface area contributed by atoms with Gasteiger partial charge >= 0.3 is 5.97 Å². The van der Waals surface area contributed by atoms with Gasteiger partial charge in [0.05, 0.1) is 7.11 Å². The first kappa shape index (κ1) is 11.0. The van der Waals surface area contributed by atoms with Gasteiger partial charge in [-0.1, -0.05) is 6.07 Å². The van der Waals surface area contributed by atoms with Gasteiger partial charge in [-0.3, -0.25) is 4.79 Å². The first-order valence-corrected chi connectivity index (χ1v) is 4.16. The second-order valence-corrected chi connectivity index (χ2v) is 2.91. The molecule has 0 fully saturated rings. The molecule has 1 aromatic rings. The Hall–Kier alpha value is -2.04. The Morgan fingerprint density at radius 3 is 2.47 bits per heavy atom. The molecule has 5 nitrogen and oxygen atoms in total. The van der Waals surface area contributed by atoms with Crippen LogP contribution < -0.4 is 0 Å². The summed E-state index contributed by atoms with van der Waals surface area (Å²) in [6.45, 7) is 0. The third-order valence-electron chi connectivity index (χ3n) is 1.82. The Morgan fingerprint density at radius 2 is 1.93 bits per heavy atom. The van der Waals surface area contributed by atoms with Gasteiger partial charge in [0, 0.05) is 6.42 Å². The van der Waals surface area contributed by atoms with E-state index in [1.807, 2.05) is 0 Å². The van der Waals surface area contributed by atoms with Crippen molar-refractivity contribution >= 4 is 11.8 Å². The van der Waals surface area contributed by atoms with E-state index >= 15 is 0 Å². The van der Waals surface area contributed by atoms with Crippen molar-refractivity contribution in [3.63, 3.8) is 0 Å². The summed E-state index contributed by atoms with van der Waals surface area (Å²) in [6.07, 6.45) is -0.166. The number of benzene rings is 1. The van der Waals surface area contributed by atoms with E-state index in [4.69, 9.17) is 10.2 Å². The van der Waals surface area contributed by atoms with Gasteiger partial charge in [-0.05, 0) is 17.7 Å². The molecule has 0 heterocycles. The predicted octanol–water partition coefficient (Wildman–Crippen LogP) is 0.382. The Kier molecular flexibility index (Phi) is 3.28. The van der Waals surface area contributed by atoms with Crippen LogP contribution in [-0.2, 0) is 20.7 Å². The summed E-state index contributed by atoms with van der Waals surface area (Å²) in [5.41, 5.74) is 0.431. The molecule has 0 radical (unpaired) electrons. The van der Waals surface area contributed by atoms with Crippen LogP contribution in [0.15, 0.2) is 18.2 Å². The summed E-state index contributed by atoms with van der Waals surface area (Å²) in [7, 11) is 1.12. The number of phenols is 2. The Labute approximate surface area is 85.9 Å². The van der Waals surface area contributed by atoms with Crippen LogP contribution in [0.4, 0.5) is 0 Å². The average molecular weight is 210 g/mol. The van der Waals surface area contributed by atoms with Crippen LogP contribution in [0.1, 0.15) is 5.56 Å². The average Bonchev–Trinajstić information content (AvgIpc) is 2.22. The molecule has 0 amide bonds. The molecule has 0 unspecified atom stereocenters. The molecule has 5 heteroatoms. The van der Waals surface area contributed by atoms with Crippen LogP contribution in [0.2, 0.25) is 0 Å². The van der Waals surface area contributed by atoms with Crippen molar-refractivity contribution in [1.29, 1.82) is 0 Å². The summed E-state index contributed by atoms with van der Waals surface area (Å²) in [6, 6.07) is 3.90. The van der Waals surface area contributed by atoms with Crippen LogP contribution in [0.5, 0.6) is 11.5 Å². The van der Waals surface area contributed by atoms with Crippen LogP contribution in [0.25, 0.3) is 0 Å². The van der Waals surface area contributed by atoms with Crippen LogP contribution in [0.3, 0.4) is 0 Å². The number of hydrogen-bond donors (Lipinski definition) is 2. The molecule has 0 saturated heterocycles. The number of esters is 1. The number of ketones is 1. The van der Waals surface area contributed by atoms with Gasteiger partial charge in [-0.15, -0.1) is 0 Å². The van der Waals surface area contributed by atoms with Gasteiger partial charge in [-0.25, -0.2) is 4.79 Å². The second-order valence-electron chi connectivity index (χ2n) is 2.91. The number of aromatic hydroxyl groups is 2. The SMILES string of the molecule is COC(=O)C(=O)Cc1ccc(O)c(O)c1. The van der Waals surface area contributed by atoms with E-state index in [-0.39, 0.29) is 17.9 Å².